The third-order valence-electron chi connectivity index (χ3n) is 5.11. The van der Waals surface area contributed by atoms with Gasteiger partial charge in [-0.3, -0.25) is 14.9 Å². The smallest absolute Gasteiger partial charge is 0.322 e. The molecule has 2 heterocycles. The molecule has 1 atom stereocenters. The van der Waals surface area contributed by atoms with E-state index in [0.29, 0.717) is 30.4 Å². The SMILES string of the molecule is CCCOc1ccc(C(=O)Nc2nnc([C@@H]3CC(=O)N(c4ccc(SC)cc4)C3)o2)cc1. The maximum absolute atomic E-state index is 12.5. The van der Waals surface area contributed by atoms with Crippen molar-refractivity contribution in [1.82, 2.24) is 10.2 Å². The number of rotatable bonds is 8. The van der Waals surface area contributed by atoms with Gasteiger partial charge in [-0.2, -0.15) is 0 Å². The van der Waals surface area contributed by atoms with E-state index < -0.39 is 0 Å². The van der Waals surface area contributed by atoms with Crippen molar-refractivity contribution in [3.63, 3.8) is 0 Å². The second kappa shape index (κ2) is 9.86. The second-order valence-electron chi connectivity index (χ2n) is 7.38. The summed E-state index contributed by atoms with van der Waals surface area (Å²) in [6.45, 7) is 3.11. The molecule has 0 radical (unpaired) electrons. The third kappa shape index (κ3) is 4.94. The van der Waals surface area contributed by atoms with Gasteiger partial charge in [0.15, 0.2) is 0 Å². The number of hydrogen-bond donors (Lipinski definition) is 1. The summed E-state index contributed by atoms with van der Waals surface area (Å²) in [6, 6.07) is 14.7. The van der Waals surface area contributed by atoms with Crippen LogP contribution in [0.2, 0.25) is 0 Å². The lowest BCUT2D eigenvalue weighted by Gasteiger charge is -2.16. The fraction of sp³-hybridized carbons (Fsp3) is 0.304. The van der Waals surface area contributed by atoms with Crippen LogP contribution in [0.3, 0.4) is 0 Å². The van der Waals surface area contributed by atoms with Crippen LogP contribution in [0.25, 0.3) is 0 Å². The highest BCUT2D eigenvalue weighted by molar-refractivity contribution is 7.98. The van der Waals surface area contributed by atoms with Gasteiger partial charge in [-0.05, 0) is 61.2 Å². The Labute approximate surface area is 190 Å². The highest BCUT2D eigenvalue weighted by atomic mass is 32.2. The van der Waals surface area contributed by atoms with E-state index in [1.54, 1.807) is 40.9 Å². The van der Waals surface area contributed by atoms with Crippen LogP contribution in [0.5, 0.6) is 5.75 Å². The zero-order valence-corrected chi connectivity index (χ0v) is 18.7. The molecule has 1 aromatic heterocycles. The van der Waals surface area contributed by atoms with E-state index in [0.717, 1.165) is 17.0 Å². The van der Waals surface area contributed by atoms with Crippen molar-refractivity contribution in [2.75, 3.05) is 29.6 Å². The Balaban J connectivity index is 1.38. The summed E-state index contributed by atoms with van der Waals surface area (Å²) in [5.41, 5.74) is 1.29. The molecule has 1 N–H and O–H groups in total. The van der Waals surface area contributed by atoms with Crippen LogP contribution in [-0.4, -0.2) is 41.4 Å². The Bertz CT molecular complexity index is 1080. The average molecular weight is 453 g/mol. The van der Waals surface area contributed by atoms with Gasteiger partial charge in [0.05, 0.1) is 12.5 Å². The lowest BCUT2D eigenvalue weighted by molar-refractivity contribution is -0.117. The number of thioether (sulfide) groups is 1. The lowest BCUT2D eigenvalue weighted by Crippen LogP contribution is -2.24. The van der Waals surface area contributed by atoms with E-state index >= 15 is 0 Å². The molecule has 32 heavy (non-hydrogen) atoms. The molecule has 9 heteroatoms. The minimum absolute atomic E-state index is 0.000990. The van der Waals surface area contributed by atoms with Crippen LogP contribution >= 0.6 is 11.8 Å². The van der Waals surface area contributed by atoms with Crippen LogP contribution in [0, 0.1) is 0 Å². The quantitative estimate of drug-likeness (QED) is 0.507. The van der Waals surface area contributed by atoms with E-state index in [-0.39, 0.29) is 30.2 Å². The van der Waals surface area contributed by atoms with Gasteiger partial charge < -0.3 is 14.1 Å². The fourth-order valence-corrected chi connectivity index (χ4v) is 3.83. The number of benzene rings is 2. The number of ether oxygens (including phenoxy) is 1. The molecule has 2 aromatic carbocycles. The van der Waals surface area contributed by atoms with Gasteiger partial charge in [0.25, 0.3) is 5.91 Å². The molecule has 8 nitrogen and oxygen atoms in total. The van der Waals surface area contributed by atoms with E-state index in [9.17, 15) is 9.59 Å². The van der Waals surface area contributed by atoms with Crippen molar-refractivity contribution >= 4 is 35.3 Å². The maximum Gasteiger partial charge on any atom is 0.322 e. The largest absolute Gasteiger partial charge is 0.494 e. The second-order valence-corrected chi connectivity index (χ2v) is 8.26. The normalized spacial score (nSPS) is 15.8. The zero-order chi connectivity index (χ0) is 22.5. The van der Waals surface area contributed by atoms with Crippen molar-refractivity contribution in [3.05, 3.63) is 60.0 Å². The fourth-order valence-electron chi connectivity index (χ4n) is 3.43. The van der Waals surface area contributed by atoms with Crippen LogP contribution in [0.1, 0.15) is 41.9 Å². The number of aromatic nitrogens is 2. The summed E-state index contributed by atoms with van der Waals surface area (Å²) in [5.74, 6) is 0.458. The summed E-state index contributed by atoms with van der Waals surface area (Å²) in [6.07, 6.45) is 3.20. The topological polar surface area (TPSA) is 97.6 Å². The van der Waals surface area contributed by atoms with Gasteiger partial charge >= 0.3 is 6.01 Å². The van der Waals surface area contributed by atoms with Gasteiger partial charge in [-0.1, -0.05) is 12.0 Å². The molecule has 1 aliphatic rings. The van der Waals surface area contributed by atoms with Gasteiger partial charge in [-0.25, -0.2) is 0 Å². The first-order valence-corrected chi connectivity index (χ1v) is 11.6. The molecule has 0 unspecified atom stereocenters. The summed E-state index contributed by atoms with van der Waals surface area (Å²) < 4.78 is 11.2. The Morgan fingerprint density at radius 3 is 2.62 bits per heavy atom. The standard InChI is InChI=1S/C23H24N4O4S/c1-3-12-30-18-8-4-15(5-9-18)21(29)24-23-26-25-22(31-23)16-13-20(28)27(14-16)17-6-10-19(32-2)11-7-17/h4-11,16H,3,12-14H2,1-2H3,(H,24,26,29)/t16-/m1/s1. The highest BCUT2D eigenvalue weighted by Crippen LogP contribution is 2.32. The molecule has 1 aliphatic heterocycles. The molecule has 166 valence electrons. The monoisotopic (exact) mass is 452 g/mol. The molecular formula is C23H24N4O4S. The van der Waals surface area contributed by atoms with E-state index in [1.165, 1.54) is 0 Å². The summed E-state index contributed by atoms with van der Waals surface area (Å²) in [5, 5.41) is 10.6. The van der Waals surface area contributed by atoms with Gasteiger partial charge in [0, 0.05) is 29.1 Å². The van der Waals surface area contributed by atoms with Crippen molar-refractivity contribution in [1.29, 1.82) is 0 Å². The van der Waals surface area contributed by atoms with E-state index in [4.69, 9.17) is 9.15 Å². The first-order valence-electron chi connectivity index (χ1n) is 10.4. The van der Waals surface area contributed by atoms with E-state index in [2.05, 4.69) is 15.5 Å². The van der Waals surface area contributed by atoms with Gasteiger partial charge in [0.2, 0.25) is 11.8 Å². The number of carbonyl (C=O) groups excluding carboxylic acids is 2. The predicted molar refractivity (Wildman–Crippen MR) is 122 cm³/mol. The summed E-state index contributed by atoms with van der Waals surface area (Å²) in [7, 11) is 0. The molecule has 0 bridgehead atoms. The number of hydrogen-bond acceptors (Lipinski definition) is 7. The molecule has 2 amide bonds. The van der Waals surface area contributed by atoms with Gasteiger partial charge in [0.1, 0.15) is 5.75 Å². The summed E-state index contributed by atoms with van der Waals surface area (Å²) in [4.78, 5) is 27.9. The minimum atomic E-state index is -0.361. The Morgan fingerprint density at radius 2 is 1.94 bits per heavy atom. The Hall–Kier alpha value is -3.33. The number of nitrogens with zero attached hydrogens (tertiary/aromatic N) is 3. The number of anilines is 2. The van der Waals surface area contributed by atoms with Crippen LogP contribution in [0.15, 0.2) is 57.8 Å². The molecule has 1 fully saturated rings. The summed E-state index contributed by atoms with van der Waals surface area (Å²) >= 11 is 1.65. The predicted octanol–water partition coefficient (Wildman–Crippen LogP) is 4.35. The lowest BCUT2D eigenvalue weighted by atomic mass is 10.1. The number of amides is 2. The third-order valence-corrected chi connectivity index (χ3v) is 5.85. The molecule has 1 saturated heterocycles. The molecular weight excluding hydrogens is 428 g/mol. The maximum atomic E-state index is 12.5. The molecule has 3 aromatic rings. The Morgan fingerprint density at radius 1 is 1.19 bits per heavy atom. The van der Waals surface area contributed by atoms with E-state index in [1.807, 2.05) is 37.4 Å². The number of carbonyl (C=O) groups is 2. The number of nitrogens with one attached hydrogen (secondary N) is 1. The highest BCUT2D eigenvalue weighted by Gasteiger charge is 2.35. The first kappa shape index (κ1) is 21.9. The van der Waals surface area contributed by atoms with Crippen LogP contribution in [0.4, 0.5) is 11.7 Å². The van der Waals surface area contributed by atoms with Crippen LogP contribution in [-0.2, 0) is 4.79 Å². The molecule has 0 spiro atoms. The van der Waals surface area contributed by atoms with Crippen molar-refractivity contribution in [2.45, 2.75) is 30.6 Å². The van der Waals surface area contributed by atoms with Gasteiger partial charge in [-0.15, -0.1) is 16.9 Å². The molecule has 0 aliphatic carbocycles. The zero-order valence-electron chi connectivity index (χ0n) is 17.9. The molecule has 4 rings (SSSR count). The average Bonchev–Trinajstić information content (AvgIpc) is 3.44. The van der Waals surface area contributed by atoms with Crippen molar-refractivity contribution in [2.24, 2.45) is 0 Å². The first-order chi connectivity index (χ1) is 15.6. The van der Waals surface area contributed by atoms with Crippen molar-refractivity contribution in [3.8, 4) is 5.75 Å². The van der Waals surface area contributed by atoms with Crippen molar-refractivity contribution < 1.29 is 18.7 Å². The Kier molecular flexibility index (Phi) is 6.75. The minimum Gasteiger partial charge on any atom is -0.494 e. The van der Waals surface area contributed by atoms with Crippen LogP contribution < -0.4 is 15.0 Å². The molecule has 0 saturated carbocycles.